The molecule has 0 spiro atoms. The fraction of sp³-hybridized carbons (Fsp3) is 0.143. The Kier molecular flexibility index (Phi) is 3.94. The van der Waals surface area contributed by atoms with E-state index >= 15 is 0 Å². The molecule has 0 saturated carbocycles. The molecule has 19 heavy (non-hydrogen) atoms. The van der Waals surface area contributed by atoms with Crippen LogP contribution in [-0.4, -0.2) is 0 Å². The first-order chi connectivity index (χ1) is 8.95. The standard InChI is InChI=1S/C14H9BrF4/c15-8-11-9(5-3-7-13(11)16)10-4-1-2-6-12(10)14(17,18)19/h1-7H,8H2. The second-order valence-corrected chi connectivity index (χ2v) is 4.50. The molecule has 5 heteroatoms. The van der Waals surface area contributed by atoms with Crippen LogP contribution in [0.4, 0.5) is 17.6 Å². The van der Waals surface area contributed by atoms with E-state index in [1.54, 1.807) is 0 Å². The van der Waals surface area contributed by atoms with Crippen LogP contribution in [0, 0.1) is 5.82 Å². The minimum Gasteiger partial charge on any atom is -0.207 e. The molecule has 2 rings (SSSR count). The lowest BCUT2D eigenvalue weighted by Crippen LogP contribution is -2.07. The predicted octanol–water partition coefficient (Wildman–Crippen LogP) is 5.41. The molecule has 0 fully saturated rings. The molecule has 0 atom stereocenters. The van der Waals surface area contributed by atoms with Crippen molar-refractivity contribution in [2.24, 2.45) is 0 Å². The quantitative estimate of drug-likeness (QED) is 0.509. The van der Waals surface area contributed by atoms with Gasteiger partial charge in [-0.3, -0.25) is 0 Å². The Morgan fingerprint density at radius 1 is 0.895 bits per heavy atom. The van der Waals surface area contributed by atoms with Gasteiger partial charge in [0.25, 0.3) is 0 Å². The van der Waals surface area contributed by atoms with Crippen LogP contribution in [-0.2, 0) is 11.5 Å². The molecule has 0 aliphatic rings. The van der Waals surface area contributed by atoms with Crippen molar-refractivity contribution in [1.29, 1.82) is 0 Å². The fourth-order valence-corrected chi connectivity index (χ4v) is 2.48. The lowest BCUT2D eigenvalue weighted by Gasteiger charge is -2.15. The van der Waals surface area contributed by atoms with Crippen molar-refractivity contribution in [1.82, 2.24) is 0 Å². The average Bonchev–Trinajstić information content (AvgIpc) is 2.37. The van der Waals surface area contributed by atoms with Gasteiger partial charge in [0, 0.05) is 10.9 Å². The largest absolute Gasteiger partial charge is 0.417 e. The molecule has 0 aliphatic carbocycles. The van der Waals surface area contributed by atoms with Gasteiger partial charge in [-0.1, -0.05) is 46.3 Å². The van der Waals surface area contributed by atoms with Crippen LogP contribution in [0.1, 0.15) is 11.1 Å². The SMILES string of the molecule is Fc1cccc(-c2ccccc2C(F)(F)F)c1CBr. The minimum absolute atomic E-state index is 0.0102. The van der Waals surface area contributed by atoms with Gasteiger partial charge in [0.1, 0.15) is 5.82 Å². The maximum atomic E-state index is 13.7. The summed E-state index contributed by atoms with van der Waals surface area (Å²) in [6, 6.07) is 9.31. The molecular weight excluding hydrogens is 324 g/mol. The summed E-state index contributed by atoms with van der Waals surface area (Å²) >= 11 is 3.11. The normalized spacial score (nSPS) is 11.6. The van der Waals surface area contributed by atoms with Crippen molar-refractivity contribution < 1.29 is 17.6 Å². The highest BCUT2D eigenvalue weighted by molar-refractivity contribution is 9.08. The van der Waals surface area contributed by atoms with E-state index in [1.165, 1.54) is 36.4 Å². The van der Waals surface area contributed by atoms with Crippen LogP contribution in [0.25, 0.3) is 11.1 Å². The zero-order valence-electron chi connectivity index (χ0n) is 9.64. The second-order valence-electron chi connectivity index (χ2n) is 3.94. The molecule has 0 aliphatic heterocycles. The monoisotopic (exact) mass is 332 g/mol. The number of benzene rings is 2. The van der Waals surface area contributed by atoms with Crippen LogP contribution >= 0.6 is 15.9 Å². The summed E-state index contributed by atoms with van der Waals surface area (Å²) in [7, 11) is 0. The van der Waals surface area contributed by atoms with Crippen LogP contribution in [0.2, 0.25) is 0 Å². The predicted molar refractivity (Wildman–Crippen MR) is 69.5 cm³/mol. The van der Waals surface area contributed by atoms with Crippen molar-refractivity contribution >= 4 is 15.9 Å². The van der Waals surface area contributed by atoms with Crippen LogP contribution < -0.4 is 0 Å². The van der Waals surface area contributed by atoms with E-state index in [0.29, 0.717) is 0 Å². The van der Waals surface area contributed by atoms with Crippen LogP contribution in [0.5, 0.6) is 0 Å². The highest BCUT2D eigenvalue weighted by atomic mass is 79.9. The van der Waals surface area contributed by atoms with Crippen molar-refractivity contribution in [2.45, 2.75) is 11.5 Å². The summed E-state index contributed by atoms with van der Waals surface area (Å²) in [5.74, 6) is -0.522. The number of hydrogen-bond acceptors (Lipinski definition) is 0. The summed E-state index contributed by atoms with van der Waals surface area (Å²) in [6.07, 6.45) is -4.47. The molecule has 0 unspecified atom stereocenters. The number of alkyl halides is 4. The van der Waals surface area contributed by atoms with Gasteiger partial charge in [-0.2, -0.15) is 13.2 Å². The van der Waals surface area contributed by atoms with E-state index in [0.717, 1.165) is 6.07 Å². The van der Waals surface area contributed by atoms with E-state index in [-0.39, 0.29) is 22.0 Å². The zero-order chi connectivity index (χ0) is 14.0. The Labute approximate surface area is 116 Å². The Morgan fingerprint density at radius 2 is 1.53 bits per heavy atom. The number of halogens is 5. The first-order valence-electron chi connectivity index (χ1n) is 5.45. The first kappa shape index (κ1) is 14.1. The molecule has 2 aromatic carbocycles. The molecule has 0 amide bonds. The fourth-order valence-electron chi connectivity index (χ4n) is 1.91. The van der Waals surface area contributed by atoms with Gasteiger partial charge in [0.2, 0.25) is 0 Å². The topological polar surface area (TPSA) is 0 Å². The van der Waals surface area contributed by atoms with E-state index in [9.17, 15) is 17.6 Å². The Hall–Kier alpha value is -1.36. The van der Waals surface area contributed by atoms with E-state index in [1.807, 2.05) is 0 Å². The van der Waals surface area contributed by atoms with Gasteiger partial charge in [-0.25, -0.2) is 4.39 Å². The Morgan fingerprint density at radius 3 is 2.16 bits per heavy atom. The smallest absolute Gasteiger partial charge is 0.207 e. The summed E-state index contributed by atoms with van der Waals surface area (Å²) in [5.41, 5.74) is -0.296. The lowest BCUT2D eigenvalue weighted by atomic mass is 9.95. The highest BCUT2D eigenvalue weighted by Crippen LogP contribution is 2.38. The van der Waals surface area contributed by atoms with Gasteiger partial charge in [0.05, 0.1) is 5.56 Å². The Balaban J connectivity index is 2.70. The summed E-state index contributed by atoms with van der Waals surface area (Å²) < 4.78 is 52.5. The van der Waals surface area contributed by atoms with Crippen molar-refractivity contribution in [3.8, 4) is 11.1 Å². The molecule has 0 heterocycles. The zero-order valence-corrected chi connectivity index (χ0v) is 11.2. The van der Waals surface area contributed by atoms with Gasteiger partial charge in [-0.05, 0) is 23.3 Å². The van der Waals surface area contributed by atoms with Gasteiger partial charge >= 0.3 is 6.18 Å². The van der Waals surface area contributed by atoms with E-state index in [4.69, 9.17) is 0 Å². The van der Waals surface area contributed by atoms with E-state index in [2.05, 4.69) is 15.9 Å². The first-order valence-corrected chi connectivity index (χ1v) is 6.57. The minimum atomic E-state index is -4.47. The molecule has 100 valence electrons. The molecular formula is C14H9BrF4. The molecule has 0 N–H and O–H groups in total. The van der Waals surface area contributed by atoms with Gasteiger partial charge < -0.3 is 0 Å². The third kappa shape index (κ3) is 2.81. The lowest BCUT2D eigenvalue weighted by molar-refractivity contribution is -0.137. The summed E-state index contributed by atoms with van der Waals surface area (Å²) in [4.78, 5) is 0. The van der Waals surface area contributed by atoms with E-state index < -0.39 is 17.6 Å². The number of rotatable bonds is 2. The average molecular weight is 333 g/mol. The van der Waals surface area contributed by atoms with Crippen molar-refractivity contribution in [2.75, 3.05) is 0 Å². The van der Waals surface area contributed by atoms with Crippen molar-refractivity contribution in [3.05, 3.63) is 59.4 Å². The van der Waals surface area contributed by atoms with Crippen LogP contribution in [0.15, 0.2) is 42.5 Å². The second kappa shape index (κ2) is 5.33. The molecule has 0 aromatic heterocycles. The molecule has 2 aromatic rings. The highest BCUT2D eigenvalue weighted by Gasteiger charge is 2.33. The molecule has 0 saturated heterocycles. The van der Waals surface area contributed by atoms with Gasteiger partial charge in [0.15, 0.2) is 0 Å². The molecule has 0 bridgehead atoms. The number of hydrogen-bond donors (Lipinski definition) is 0. The maximum absolute atomic E-state index is 13.7. The summed E-state index contributed by atoms with van der Waals surface area (Å²) in [6.45, 7) is 0. The third-order valence-corrected chi connectivity index (χ3v) is 3.34. The third-order valence-electron chi connectivity index (χ3n) is 2.78. The van der Waals surface area contributed by atoms with Crippen LogP contribution in [0.3, 0.4) is 0 Å². The molecule has 0 radical (unpaired) electrons. The molecule has 0 nitrogen and oxygen atoms in total. The summed E-state index contributed by atoms with van der Waals surface area (Å²) in [5, 5.41) is 0.154. The van der Waals surface area contributed by atoms with Crippen molar-refractivity contribution in [3.63, 3.8) is 0 Å². The Bertz CT molecular complexity index is 590. The van der Waals surface area contributed by atoms with Gasteiger partial charge in [-0.15, -0.1) is 0 Å². The maximum Gasteiger partial charge on any atom is 0.417 e.